The first kappa shape index (κ1) is 9.13. The Hall–Kier alpha value is -1.44. The van der Waals surface area contributed by atoms with Crippen molar-refractivity contribution in [3.63, 3.8) is 0 Å². The maximum Gasteiger partial charge on any atom is 0.115 e. The molecule has 0 bridgehead atoms. The van der Waals surface area contributed by atoms with Crippen molar-refractivity contribution in [2.24, 2.45) is 5.41 Å². The predicted octanol–water partition coefficient (Wildman–Crippen LogP) is 2.75. The van der Waals surface area contributed by atoms with Gasteiger partial charge >= 0.3 is 0 Å². The number of rotatable bonds is 1. The highest BCUT2D eigenvalue weighted by molar-refractivity contribution is 5.53. The first-order valence-electron chi connectivity index (χ1n) is 4.82. The van der Waals surface area contributed by atoms with Gasteiger partial charge in [0.15, 0.2) is 0 Å². The number of anilines is 1. The lowest BCUT2D eigenvalue weighted by atomic mass is 9.96. The first-order chi connectivity index (χ1) is 6.57. The molecule has 0 spiro atoms. The Balaban J connectivity index is 2.19. The average molecular weight is 189 g/mol. The van der Waals surface area contributed by atoms with Gasteiger partial charge in [-0.25, -0.2) is 0 Å². The van der Waals surface area contributed by atoms with Crippen molar-refractivity contribution in [2.45, 2.75) is 13.8 Å². The number of phenolic OH excluding ortho intramolecular Hbond substituents is 1. The quantitative estimate of drug-likeness (QED) is 0.734. The fourth-order valence-electron chi connectivity index (χ4n) is 1.66. The molecule has 0 fully saturated rings. The van der Waals surface area contributed by atoms with E-state index in [2.05, 4.69) is 31.0 Å². The molecule has 0 saturated carbocycles. The van der Waals surface area contributed by atoms with Crippen molar-refractivity contribution in [2.75, 3.05) is 11.4 Å². The second-order valence-electron chi connectivity index (χ2n) is 4.45. The summed E-state index contributed by atoms with van der Waals surface area (Å²) in [6, 6.07) is 7.30. The van der Waals surface area contributed by atoms with Gasteiger partial charge in [-0.1, -0.05) is 19.9 Å². The summed E-state index contributed by atoms with van der Waals surface area (Å²) in [6.45, 7) is 5.42. The molecule has 2 heteroatoms. The monoisotopic (exact) mass is 189 g/mol. The third-order valence-corrected chi connectivity index (χ3v) is 2.46. The Kier molecular flexibility index (Phi) is 1.99. The van der Waals surface area contributed by atoms with E-state index in [1.54, 1.807) is 12.1 Å². The van der Waals surface area contributed by atoms with Gasteiger partial charge < -0.3 is 10.0 Å². The van der Waals surface area contributed by atoms with E-state index in [9.17, 15) is 0 Å². The normalized spacial score (nSPS) is 18.9. The topological polar surface area (TPSA) is 23.5 Å². The molecule has 74 valence electrons. The highest BCUT2D eigenvalue weighted by atomic mass is 16.3. The van der Waals surface area contributed by atoms with E-state index in [4.69, 9.17) is 5.11 Å². The van der Waals surface area contributed by atoms with Crippen LogP contribution in [-0.2, 0) is 0 Å². The summed E-state index contributed by atoms with van der Waals surface area (Å²) in [6.07, 6.45) is 4.31. The summed E-state index contributed by atoms with van der Waals surface area (Å²) in [5.41, 5.74) is 1.38. The number of aromatic hydroxyl groups is 1. The van der Waals surface area contributed by atoms with E-state index in [0.717, 1.165) is 12.2 Å². The highest BCUT2D eigenvalue weighted by Gasteiger charge is 2.23. The van der Waals surface area contributed by atoms with E-state index in [0.29, 0.717) is 5.75 Å². The maximum absolute atomic E-state index is 9.17. The lowest BCUT2D eigenvalue weighted by Gasteiger charge is -2.21. The molecule has 0 amide bonds. The molecule has 0 atom stereocenters. The summed E-state index contributed by atoms with van der Waals surface area (Å²) in [5, 5.41) is 9.17. The van der Waals surface area contributed by atoms with Crippen LogP contribution in [0.2, 0.25) is 0 Å². The molecule has 0 saturated heterocycles. The van der Waals surface area contributed by atoms with E-state index < -0.39 is 0 Å². The van der Waals surface area contributed by atoms with Crippen LogP contribution in [0.4, 0.5) is 5.69 Å². The van der Waals surface area contributed by atoms with Crippen LogP contribution in [-0.4, -0.2) is 11.7 Å². The van der Waals surface area contributed by atoms with E-state index in [1.807, 2.05) is 12.1 Å². The van der Waals surface area contributed by atoms with E-state index in [1.165, 1.54) is 0 Å². The minimum absolute atomic E-state index is 0.248. The zero-order chi connectivity index (χ0) is 10.2. The molecule has 1 N–H and O–H groups in total. The van der Waals surface area contributed by atoms with Crippen LogP contribution in [0.15, 0.2) is 36.5 Å². The van der Waals surface area contributed by atoms with Gasteiger partial charge in [-0.2, -0.15) is 0 Å². The molecule has 0 radical (unpaired) electrons. The van der Waals surface area contributed by atoms with Crippen LogP contribution in [0.1, 0.15) is 13.8 Å². The number of nitrogens with zero attached hydrogens (tertiary/aromatic N) is 1. The third-order valence-electron chi connectivity index (χ3n) is 2.46. The molecule has 0 aromatic heterocycles. The van der Waals surface area contributed by atoms with Crippen LogP contribution >= 0.6 is 0 Å². The summed E-state index contributed by atoms with van der Waals surface area (Å²) in [7, 11) is 0. The van der Waals surface area contributed by atoms with E-state index >= 15 is 0 Å². The Morgan fingerprint density at radius 2 is 1.86 bits per heavy atom. The molecule has 0 aliphatic carbocycles. The van der Waals surface area contributed by atoms with Crippen molar-refractivity contribution in [3.05, 3.63) is 36.5 Å². The van der Waals surface area contributed by atoms with Gasteiger partial charge in [-0.15, -0.1) is 0 Å². The summed E-state index contributed by atoms with van der Waals surface area (Å²) >= 11 is 0. The maximum atomic E-state index is 9.17. The Morgan fingerprint density at radius 3 is 2.36 bits per heavy atom. The second kappa shape index (κ2) is 3.05. The molecular formula is C12H15NO. The Bertz CT molecular complexity index is 351. The molecule has 1 heterocycles. The van der Waals surface area contributed by atoms with Gasteiger partial charge in [-0.05, 0) is 24.3 Å². The van der Waals surface area contributed by atoms with Crippen LogP contribution in [0, 0.1) is 5.41 Å². The summed E-state index contributed by atoms with van der Waals surface area (Å²) in [4.78, 5) is 2.19. The minimum atomic E-state index is 0.248. The smallest absolute Gasteiger partial charge is 0.115 e. The van der Waals surface area contributed by atoms with Crippen LogP contribution in [0.5, 0.6) is 5.75 Å². The van der Waals surface area contributed by atoms with Gasteiger partial charge in [0.05, 0.1) is 0 Å². The largest absolute Gasteiger partial charge is 0.508 e. The van der Waals surface area contributed by atoms with Gasteiger partial charge in [0.1, 0.15) is 5.75 Å². The molecule has 1 aromatic rings. The molecule has 14 heavy (non-hydrogen) atoms. The fourth-order valence-corrected chi connectivity index (χ4v) is 1.66. The van der Waals surface area contributed by atoms with Crippen molar-refractivity contribution in [3.8, 4) is 5.75 Å². The highest BCUT2D eigenvalue weighted by Crippen LogP contribution is 2.30. The first-order valence-corrected chi connectivity index (χ1v) is 4.82. The Morgan fingerprint density at radius 1 is 1.21 bits per heavy atom. The van der Waals surface area contributed by atoms with Gasteiger partial charge in [0.25, 0.3) is 0 Å². The molecule has 1 aliphatic heterocycles. The van der Waals surface area contributed by atoms with Gasteiger partial charge in [-0.3, -0.25) is 0 Å². The number of benzene rings is 1. The number of phenols is 1. The fraction of sp³-hybridized carbons (Fsp3) is 0.333. The van der Waals surface area contributed by atoms with Crippen LogP contribution in [0.25, 0.3) is 0 Å². The second-order valence-corrected chi connectivity index (χ2v) is 4.45. The predicted molar refractivity (Wildman–Crippen MR) is 58.4 cm³/mol. The van der Waals surface area contributed by atoms with Crippen molar-refractivity contribution in [1.82, 2.24) is 0 Å². The van der Waals surface area contributed by atoms with E-state index in [-0.39, 0.29) is 5.41 Å². The van der Waals surface area contributed by atoms with Gasteiger partial charge in [0, 0.05) is 23.8 Å². The molecule has 2 nitrogen and oxygen atoms in total. The average Bonchev–Trinajstić information content (AvgIpc) is 2.47. The number of hydrogen-bond donors (Lipinski definition) is 1. The molecular weight excluding hydrogens is 174 g/mol. The van der Waals surface area contributed by atoms with Crippen molar-refractivity contribution in [1.29, 1.82) is 0 Å². The number of hydrogen-bond acceptors (Lipinski definition) is 2. The Labute approximate surface area is 84.5 Å². The lowest BCUT2D eigenvalue weighted by Crippen LogP contribution is -2.22. The zero-order valence-corrected chi connectivity index (χ0v) is 8.57. The molecule has 2 rings (SSSR count). The van der Waals surface area contributed by atoms with Gasteiger partial charge in [0.2, 0.25) is 0 Å². The molecule has 1 aliphatic rings. The van der Waals surface area contributed by atoms with Crippen LogP contribution < -0.4 is 4.90 Å². The minimum Gasteiger partial charge on any atom is -0.508 e. The van der Waals surface area contributed by atoms with Crippen LogP contribution in [0.3, 0.4) is 0 Å². The molecule has 0 unspecified atom stereocenters. The third kappa shape index (κ3) is 1.74. The van der Waals surface area contributed by atoms with Crippen molar-refractivity contribution >= 4 is 5.69 Å². The zero-order valence-electron chi connectivity index (χ0n) is 8.57. The summed E-state index contributed by atoms with van der Waals surface area (Å²) in [5.74, 6) is 0.316. The standard InChI is InChI=1S/C12H15NO/c1-12(2)7-8-13(9-12)10-3-5-11(14)6-4-10/h3-8,14H,9H2,1-2H3. The summed E-state index contributed by atoms with van der Waals surface area (Å²) < 4.78 is 0. The SMILES string of the molecule is CC1(C)C=CN(c2ccc(O)cc2)C1. The van der Waals surface area contributed by atoms with Crippen molar-refractivity contribution < 1.29 is 5.11 Å². The molecule has 1 aromatic carbocycles. The lowest BCUT2D eigenvalue weighted by molar-refractivity contribution is 0.475.